The highest BCUT2D eigenvalue weighted by Crippen LogP contribution is 2.15. The van der Waals surface area contributed by atoms with Crippen LogP contribution in [0.25, 0.3) is 0 Å². The fraction of sp³-hybridized carbons (Fsp3) is 0.840. The number of unbranched alkanes of at least 4 members (excludes halogenated alkanes) is 3. The normalized spacial score (nSPS) is 23.6. The molecule has 1 rings (SSSR count). The van der Waals surface area contributed by atoms with Crippen LogP contribution >= 0.6 is 0 Å². The minimum Gasteiger partial charge on any atom is -0.351 e. The lowest BCUT2D eigenvalue weighted by molar-refractivity contribution is -0.133. The van der Waals surface area contributed by atoms with Gasteiger partial charge >= 0.3 is 0 Å². The second kappa shape index (κ2) is 16.5. The summed E-state index contributed by atoms with van der Waals surface area (Å²) in [5, 5.41) is 11.1. The van der Waals surface area contributed by atoms with E-state index in [-0.39, 0.29) is 36.7 Å². The predicted molar refractivity (Wildman–Crippen MR) is 134 cm³/mol. The van der Waals surface area contributed by atoms with Gasteiger partial charge in [0, 0.05) is 12.5 Å². The van der Waals surface area contributed by atoms with Crippen LogP contribution in [0.1, 0.15) is 91.9 Å². The van der Waals surface area contributed by atoms with Crippen LogP contribution in [0.5, 0.6) is 0 Å². The van der Waals surface area contributed by atoms with Crippen LogP contribution in [-0.4, -0.2) is 54.8 Å². The van der Waals surface area contributed by atoms with Gasteiger partial charge in [0.15, 0.2) is 0 Å². The molecule has 0 aromatic rings. The van der Waals surface area contributed by atoms with Crippen molar-refractivity contribution in [3.8, 4) is 0 Å². The summed E-state index contributed by atoms with van der Waals surface area (Å²) >= 11 is 0. The van der Waals surface area contributed by atoms with E-state index in [2.05, 4.69) is 35.1 Å². The van der Waals surface area contributed by atoms with E-state index >= 15 is 0 Å². The highest BCUT2D eigenvalue weighted by molar-refractivity contribution is 5.94. The van der Waals surface area contributed by atoms with Gasteiger partial charge in [0.2, 0.25) is 23.6 Å². The largest absolute Gasteiger partial charge is 0.351 e. The molecule has 1 fully saturated rings. The van der Waals surface area contributed by atoms with Crippen molar-refractivity contribution < 1.29 is 19.2 Å². The number of nitrogens with two attached hydrogens (primary N) is 1. The predicted octanol–water partition coefficient (Wildman–Crippen LogP) is 1.74. The third kappa shape index (κ3) is 11.8. The van der Waals surface area contributed by atoms with E-state index in [0.29, 0.717) is 25.8 Å². The maximum Gasteiger partial charge on any atom is 0.243 e. The van der Waals surface area contributed by atoms with Gasteiger partial charge in [-0.15, -0.1) is 0 Å². The fourth-order valence-corrected chi connectivity index (χ4v) is 4.06. The SMILES string of the molecule is CC[C@H](C)CCCCCC[C@@H]1CC(=O)NCC(=O)N[C@@H](CCCN)C(=O)N[C@@H](C(C)C)C(=O)N1. The molecule has 9 heteroatoms. The minimum atomic E-state index is -0.811. The quantitative estimate of drug-likeness (QED) is 0.270. The van der Waals surface area contributed by atoms with Gasteiger partial charge in [-0.3, -0.25) is 19.2 Å². The highest BCUT2D eigenvalue weighted by atomic mass is 16.2. The van der Waals surface area contributed by atoms with Crippen LogP contribution < -0.4 is 27.0 Å². The molecule has 4 atom stereocenters. The van der Waals surface area contributed by atoms with Crippen LogP contribution in [0.2, 0.25) is 0 Å². The van der Waals surface area contributed by atoms with E-state index < -0.39 is 23.9 Å². The summed E-state index contributed by atoms with van der Waals surface area (Å²) in [5.74, 6) is -0.873. The molecule has 4 amide bonds. The molecule has 1 aliphatic heterocycles. The number of carbonyl (C=O) groups excluding carboxylic acids is 4. The zero-order chi connectivity index (χ0) is 25.5. The summed E-state index contributed by atoms with van der Waals surface area (Å²) in [6.45, 7) is 8.36. The zero-order valence-electron chi connectivity index (χ0n) is 21.6. The van der Waals surface area contributed by atoms with E-state index in [4.69, 9.17) is 5.73 Å². The summed E-state index contributed by atoms with van der Waals surface area (Å²) in [6, 6.07) is -1.92. The first-order valence-electron chi connectivity index (χ1n) is 13.0. The van der Waals surface area contributed by atoms with E-state index in [0.717, 1.165) is 25.2 Å². The van der Waals surface area contributed by atoms with Gasteiger partial charge < -0.3 is 27.0 Å². The van der Waals surface area contributed by atoms with Crippen molar-refractivity contribution in [1.29, 1.82) is 0 Å². The van der Waals surface area contributed by atoms with Gasteiger partial charge in [-0.1, -0.05) is 66.2 Å². The molecular weight excluding hydrogens is 434 g/mol. The molecule has 196 valence electrons. The lowest BCUT2D eigenvalue weighted by Crippen LogP contribution is -2.56. The molecule has 6 N–H and O–H groups in total. The van der Waals surface area contributed by atoms with Crippen molar-refractivity contribution in [2.75, 3.05) is 13.1 Å². The first-order valence-corrected chi connectivity index (χ1v) is 13.0. The topological polar surface area (TPSA) is 142 Å². The van der Waals surface area contributed by atoms with E-state index in [1.165, 1.54) is 19.3 Å². The molecule has 0 aromatic heterocycles. The Balaban J connectivity index is 2.85. The summed E-state index contributed by atoms with van der Waals surface area (Å²) in [5.41, 5.74) is 5.57. The fourth-order valence-electron chi connectivity index (χ4n) is 4.06. The lowest BCUT2D eigenvalue weighted by atomic mass is 9.98. The van der Waals surface area contributed by atoms with Crippen molar-refractivity contribution in [3.63, 3.8) is 0 Å². The molecule has 1 aliphatic rings. The average molecular weight is 482 g/mol. The molecule has 0 unspecified atom stereocenters. The summed E-state index contributed by atoms with van der Waals surface area (Å²) < 4.78 is 0. The minimum absolute atomic E-state index is 0.0985. The van der Waals surface area contributed by atoms with Crippen molar-refractivity contribution in [2.24, 2.45) is 17.6 Å². The Morgan fingerprint density at radius 2 is 1.56 bits per heavy atom. The van der Waals surface area contributed by atoms with Gasteiger partial charge in [-0.05, 0) is 37.6 Å². The molecule has 1 heterocycles. The van der Waals surface area contributed by atoms with E-state index in [9.17, 15) is 19.2 Å². The maximum absolute atomic E-state index is 13.1. The van der Waals surface area contributed by atoms with Crippen molar-refractivity contribution in [2.45, 2.75) is 110 Å². The Morgan fingerprint density at radius 3 is 2.21 bits per heavy atom. The van der Waals surface area contributed by atoms with Crippen molar-refractivity contribution in [1.82, 2.24) is 21.3 Å². The molecular formula is C25H47N5O4. The number of amides is 4. The Kier molecular flexibility index (Phi) is 14.5. The molecule has 0 spiro atoms. The van der Waals surface area contributed by atoms with Gasteiger partial charge in [-0.25, -0.2) is 0 Å². The molecule has 0 saturated carbocycles. The van der Waals surface area contributed by atoms with Crippen LogP contribution in [0.4, 0.5) is 0 Å². The van der Waals surface area contributed by atoms with Crippen LogP contribution in [0, 0.1) is 11.8 Å². The van der Waals surface area contributed by atoms with E-state index in [1.54, 1.807) is 0 Å². The third-order valence-corrected chi connectivity index (χ3v) is 6.52. The van der Waals surface area contributed by atoms with Gasteiger partial charge in [0.05, 0.1) is 6.54 Å². The molecule has 0 radical (unpaired) electrons. The number of carbonyl (C=O) groups is 4. The first-order chi connectivity index (χ1) is 16.2. The van der Waals surface area contributed by atoms with Crippen LogP contribution in [-0.2, 0) is 19.2 Å². The molecule has 0 bridgehead atoms. The van der Waals surface area contributed by atoms with Gasteiger partial charge in [0.25, 0.3) is 0 Å². The van der Waals surface area contributed by atoms with Crippen molar-refractivity contribution in [3.05, 3.63) is 0 Å². The summed E-state index contributed by atoms with van der Waals surface area (Å²) in [6.07, 6.45) is 8.36. The number of rotatable bonds is 12. The Morgan fingerprint density at radius 1 is 0.853 bits per heavy atom. The molecule has 34 heavy (non-hydrogen) atoms. The Labute approximate surface area is 205 Å². The number of nitrogens with one attached hydrogen (secondary N) is 4. The van der Waals surface area contributed by atoms with Crippen LogP contribution in [0.15, 0.2) is 0 Å². The summed E-state index contributed by atoms with van der Waals surface area (Å²) in [4.78, 5) is 50.8. The first kappa shape index (κ1) is 29.9. The average Bonchev–Trinajstić information content (AvgIpc) is 2.80. The number of hydrogen-bond donors (Lipinski definition) is 5. The van der Waals surface area contributed by atoms with E-state index in [1.807, 2.05) is 13.8 Å². The summed E-state index contributed by atoms with van der Waals surface area (Å²) in [7, 11) is 0. The number of hydrogen-bond acceptors (Lipinski definition) is 5. The van der Waals surface area contributed by atoms with Gasteiger partial charge in [0.1, 0.15) is 12.1 Å². The standard InChI is InChI=1S/C25H47N5O4/c1-5-18(4)11-8-6-7-9-12-19-15-21(31)27-16-22(32)29-20(13-10-14-26)24(33)30-23(17(2)3)25(34)28-19/h17-20,23H,5-16,26H2,1-4H3,(H,27,31)(H,28,34)(H,29,32)(H,30,33)/t18-,19+,20-,23-/m0/s1. The third-order valence-electron chi connectivity index (χ3n) is 6.52. The Bertz CT molecular complexity index is 655. The maximum atomic E-state index is 13.1. The van der Waals surface area contributed by atoms with Gasteiger partial charge in [-0.2, -0.15) is 0 Å². The smallest absolute Gasteiger partial charge is 0.243 e. The lowest BCUT2D eigenvalue weighted by Gasteiger charge is -2.27. The second-order valence-electron chi connectivity index (χ2n) is 9.97. The molecule has 0 aliphatic carbocycles. The van der Waals surface area contributed by atoms with Crippen LogP contribution in [0.3, 0.4) is 0 Å². The zero-order valence-corrected chi connectivity index (χ0v) is 21.6. The Hall–Kier alpha value is -2.16. The second-order valence-corrected chi connectivity index (χ2v) is 9.97. The molecule has 1 saturated heterocycles. The van der Waals surface area contributed by atoms with Crippen molar-refractivity contribution >= 4 is 23.6 Å². The molecule has 0 aromatic carbocycles. The molecule has 9 nitrogen and oxygen atoms in total. The monoisotopic (exact) mass is 481 g/mol. The highest BCUT2D eigenvalue weighted by Gasteiger charge is 2.30.